The molecule has 21 heavy (non-hydrogen) atoms. The molecule has 4 N–H and O–H groups in total. The van der Waals surface area contributed by atoms with Crippen molar-refractivity contribution < 1.29 is 4.79 Å². The van der Waals surface area contributed by atoms with E-state index in [1.165, 1.54) is 0 Å². The van der Waals surface area contributed by atoms with Gasteiger partial charge < -0.3 is 21.3 Å². The molecular weight excluding hydrogens is 266 g/mol. The summed E-state index contributed by atoms with van der Waals surface area (Å²) in [7, 11) is 0. The van der Waals surface area contributed by atoms with Crippen molar-refractivity contribution in [3.63, 3.8) is 0 Å². The lowest BCUT2D eigenvalue weighted by atomic mass is 10.1. The van der Waals surface area contributed by atoms with Gasteiger partial charge in [0.15, 0.2) is 0 Å². The van der Waals surface area contributed by atoms with E-state index in [4.69, 9.17) is 11.5 Å². The van der Waals surface area contributed by atoms with E-state index in [1.54, 1.807) is 12.3 Å². The molecule has 6 nitrogen and oxygen atoms in total. The Kier molecular flexibility index (Phi) is 5.52. The number of rotatable bonds is 5. The summed E-state index contributed by atoms with van der Waals surface area (Å²) in [5.74, 6) is 1.00. The van der Waals surface area contributed by atoms with Crippen LogP contribution in [-0.4, -0.2) is 55.1 Å². The zero-order valence-corrected chi connectivity index (χ0v) is 12.7. The summed E-state index contributed by atoms with van der Waals surface area (Å²) in [6, 6.07) is 3.61. The van der Waals surface area contributed by atoms with Crippen LogP contribution in [0.4, 0.5) is 5.82 Å². The van der Waals surface area contributed by atoms with Gasteiger partial charge in [-0.3, -0.25) is 4.79 Å². The predicted octanol–water partition coefficient (Wildman–Crippen LogP) is 0.287. The lowest BCUT2D eigenvalue weighted by Gasteiger charge is -2.24. The van der Waals surface area contributed by atoms with Gasteiger partial charge in [0.25, 0.3) is 0 Å². The lowest BCUT2D eigenvalue weighted by Crippen LogP contribution is -2.35. The maximum Gasteiger partial charge on any atom is 0.250 e. The Bertz CT molecular complexity index is 462. The SMILES string of the molecule is CC(CN)CN1CCCN(c2ccc(C(N)=O)cn2)CC1. The summed E-state index contributed by atoms with van der Waals surface area (Å²) >= 11 is 0. The minimum atomic E-state index is -0.438. The van der Waals surface area contributed by atoms with E-state index < -0.39 is 5.91 Å². The predicted molar refractivity (Wildman–Crippen MR) is 84.2 cm³/mol. The molecule has 0 aromatic carbocycles. The summed E-state index contributed by atoms with van der Waals surface area (Å²) in [6.45, 7) is 8.02. The first-order chi connectivity index (χ1) is 10.1. The molecule has 1 atom stereocenters. The van der Waals surface area contributed by atoms with E-state index in [0.29, 0.717) is 11.5 Å². The second kappa shape index (κ2) is 7.38. The third-order valence-corrected chi connectivity index (χ3v) is 3.92. The highest BCUT2D eigenvalue weighted by molar-refractivity contribution is 5.92. The molecule has 1 aromatic rings. The summed E-state index contributed by atoms with van der Waals surface area (Å²) in [5.41, 5.74) is 11.4. The van der Waals surface area contributed by atoms with Crippen LogP contribution in [0, 0.1) is 5.92 Å². The van der Waals surface area contributed by atoms with Gasteiger partial charge in [-0.2, -0.15) is 0 Å². The van der Waals surface area contributed by atoms with E-state index >= 15 is 0 Å². The summed E-state index contributed by atoms with van der Waals surface area (Å²) in [6.07, 6.45) is 2.66. The van der Waals surface area contributed by atoms with Crippen LogP contribution in [0.1, 0.15) is 23.7 Å². The fourth-order valence-corrected chi connectivity index (χ4v) is 2.62. The molecule has 1 aromatic heterocycles. The Balaban J connectivity index is 1.94. The molecule has 1 saturated heterocycles. The number of anilines is 1. The largest absolute Gasteiger partial charge is 0.366 e. The highest BCUT2D eigenvalue weighted by Crippen LogP contribution is 2.14. The van der Waals surface area contributed by atoms with E-state index in [-0.39, 0.29) is 0 Å². The van der Waals surface area contributed by atoms with Crippen LogP contribution in [0.2, 0.25) is 0 Å². The third-order valence-electron chi connectivity index (χ3n) is 3.92. The van der Waals surface area contributed by atoms with Crippen LogP contribution in [0.5, 0.6) is 0 Å². The highest BCUT2D eigenvalue weighted by Gasteiger charge is 2.17. The molecule has 0 radical (unpaired) electrons. The molecule has 1 unspecified atom stereocenters. The first-order valence-corrected chi connectivity index (χ1v) is 7.53. The maximum absolute atomic E-state index is 11.1. The van der Waals surface area contributed by atoms with Crippen molar-refractivity contribution in [2.45, 2.75) is 13.3 Å². The van der Waals surface area contributed by atoms with Gasteiger partial charge in [0.05, 0.1) is 5.56 Å². The Labute approximate surface area is 126 Å². The first kappa shape index (κ1) is 15.7. The molecular formula is C15H25N5O. The molecule has 1 aliphatic rings. The van der Waals surface area contributed by atoms with Crippen molar-refractivity contribution in [1.82, 2.24) is 9.88 Å². The van der Waals surface area contributed by atoms with Crippen molar-refractivity contribution >= 4 is 11.7 Å². The molecule has 116 valence electrons. The fourth-order valence-electron chi connectivity index (χ4n) is 2.62. The van der Waals surface area contributed by atoms with E-state index in [2.05, 4.69) is 21.7 Å². The van der Waals surface area contributed by atoms with Gasteiger partial charge >= 0.3 is 0 Å². The quantitative estimate of drug-likeness (QED) is 0.814. The van der Waals surface area contributed by atoms with Crippen LogP contribution in [0.25, 0.3) is 0 Å². The number of nitrogens with zero attached hydrogens (tertiary/aromatic N) is 3. The van der Waals surface area contributed by atoms with Crippen molar-refractivity contribution in [3.05, 3.63) is 23.9 Å². The number of aromatic nitrogens is 1. The molecule has 2 rings (SSSR count). The van der Waals surface area contributed by atoms with Gasteiger partial charge in [-0.1, -0.05) is 6.92 Å². The number of nitrogens with two attached hydrogens (primary N) is 2. The van der Waals surface area contributed by atoms with Gasteiger partial charge in [0, 0.05) is 32.4 Å². The average molecular weight is 291 g/mol. The Morgan fingerprint density at radius 2 is 2.14 bits per heavy atom. The van der Waals surface area contributed by atoms with Crippen molar-refractivity contribution in [3.8, 4) is 0 Å². The van der Waals surface area contributed by atoms with Gasteiger partial charge in [-0.05, 0) is 37.6 Å². The number of pyridine rings is 1. The van der Waals surface area contributed by atoms with Crippen molar-refractivity contribution in [1.29, 1.82) is 0 Å². The molecule has 0 bridgehead atoms. The van der Waals surface area contributed by atoms with Crippen LogP contribution < -0.4 is 16.4 Å². The molecule has 0 saturated carbocycles. The number of primary amides is 1. The van der Waals surface area contributed by atoms with Crippen LogP contribution >= 0.6 is 0 Å². The Hall–Kier alpha value is -1.66. The topological polar surface area (TPSA) is 88.5 Å². The third kappa shape index (κ3) is 4.41. The Morgan fingerprint density at radius 3 is 2.76 bits per heavy atom. The summed E-state index contributed by atoms with van der Waals surface area (Å²) < 4.78 is 0. The zero-order chi connectivity index (χ0) is 15.2. The van der Waals surface area contributed by atoms with Crippen LogP contribution in [-0.2, 0) is 0 Å². The van der Waals surface area contributed by atoms with Gasteiger partial charge in [-0.25, -0.2) is 4.98 Å². The van der Waals surface area contributed by atoms with E-state index in [1.807, 2.05) is 6.07 Å². The van der Waals surface area contributed by atoms with Gasteiger partial charge in [-0.15, -0.1) is 0 Å². The molecule has 2 heterocycles. The molecule has 1 aliphatic heterocycles. The number of carbonyl (C=O) groups is 1. The molecule has 1 fully saturated rings. The first-order valence-electron chi connectivity index (χ1n) is 7.53. The van der Waals surface area contributed by atoms with Gasteiger partial charge in [0.1, 0.15) is 5.82 Å². The maximum atomic E-state index is 11.1. The smallest absolute Gasteiger partial charge is 0.250 e. The minimum absolute atomic E-state index is 0.438. The summed E-state index contributed by atoms with van der Waals surface area (Å²) in [5, 5.41) is 0. The van der Waals surface area contributed by atoms with Crippen LogP contribution in [0.15, 0.2) is 18.3 Å². The normalized spacial score (nSPS) is 18.3. The number of carbonyl (C=O) groups excluding carboxylic acids is 1. The standard InChI is InChI=1S/C15H25N5O/c1-12(9-16)11-19-5-2-6-20(8-7-19)14-4-3-13(10-18-14)15(17)21/h3-4,10,12H,2,5-9,11,16H2,1H3,(H2,17,21). The van der Waals surface area contributed by atoms with Crippen molar-refractivity contribution in [2.24, 2.45) is 17.4 Å². The molecule has 6 heteroatoms. The van der Waals surface area contributed by atoms with Gasteiger partial charge in [0.2, 0.25) is 5.91 Å². The number of hydrogen-bond acceptors (Lipinski definition) is 5. The summed E-state index contributed by atoms with van der Waals surface area (Å²) in [4.78, 5) is 20.2. The molecule has 1 amide bonds. The second-order valence-electron chi connectivity index (χ2n) is 5.75. The lowest BCUT2D eigenvalue weighted by molar-refractivity contribution is 0.1000. The number of amides is 1. The van der Waals surface area contributed by atoms with E-state index in [0.717, 1.165) is 51.5 Å². The minimum Gasteiger partial charge on any atom is -0.366 e. The zero-order valence-electron chi connectivity index (χ0n) is 12.7. The van der Waals surface area contributed by atoms with Crippen LogP contribution in [0.3, 0.4) is 0 Å². The van der Waals surface area contributed by atoms with E-state index in [9.17, 15) is 4.79 Å². The molecule has 0 aliphatic carbocycles. The second-order valence-corrected chi connectivity index (χ2v) is 5.75. The monoisotopic (exact) mass is 291 g/mol. The fraction of sp³-hybridized carbons (Fsp3) is 0.600. The molecule has 0 spiro atoms. The number of hydrogen-bond donors (Lipinski definition) is 2. The highest BCUT2D eigenvalue weighted by atomic mass is 16.1. The Morgan fingerprint density at radius 1 is 1.33 bits per heavy atom. The van der Waals surface area contributed by atoms with Crippen molar-refractivity contribution in [2.75, 3.05) is 44.2 Å². The average Bonchev–Trinajstić information content (AvgIpc) is 2.73.